The van der Waals surface area contributed by atoms with Crippen LogP contribution in [-0.4, -0.2) is 53.8 Å². The van der Waals surface area contributed by atoms with Gasteiger partial charge in [0.2, 0.25) is 0 Å². The van der Waals surface area contributed by atoms with Crippen LogP contribution in [0.5, 0.6) is 0 Å². The molecule has 0 rings (SSSR count). The first kappa shape index (κ1) is 15.0. The zero-order valence-corrected chi connectivity index (χ0v) is 9.80. The highest BCUT2D eigenvalue weighted by Gasteiger charge is 2.19. The molecular formula is C9H17N3O5. The Morgan fingerprint density at radius 3 is 2.41 bits per heavy atom. The molecule has 0 aliphatic heterocycles. The van der Waals surface area contributed by atoms with Crippen molar-refractivity contribution in [2.45, 2.75) is 19.9 Å². The lowest BCUT2D eigenvalue weighted by Gasteiger charge is -2.24. The van der Waals surface area contributed by atoms with E-state index < -0.39 is 18.1 Å². The number of amides is 3. The average molecular weight is 247 g/mol. The molecule has 17 heavy (non-hydrogen) atoms. The van der Waals surface area contributed by atoms with Gasteiger partial charge in [0.25, 0.3) is 0 Å². The summed E-state index contributed by atoms with van der Waals surface area (Å²) in [6, 6.07) is -0.779. The number of nitrogens with two attached hydrogens (primary N) is 1. The molecule has 0 saturated heterocycles. The second kappa shape index (κ2) is 7.31. The van der Waals surface area contributed by atoms with Crippen LogP contribution in [0.15, 0.2) is 0 Å². The van der Waals surface area contributed by atoms with Crippen molar-refractivity contribution < 1.29 is 24.2 Å². The highest BCUT2D eigenvalue weighted by atomic mass is 16.5. The van der Waals surface area contributed by atoms with Crippen molar-refractivity contribution in [2.75, 3.05) is 19.7 Å². The van der Waals surface area contributed by atoms with Gasteiger partial charge in [0, 0.05) is 6.04 Å². The van der Waals surface area contributed by atoms with E-state index in [1.807, 2.05) is 0 Å². The molecule has 0 heterocycles. The van der Waals surface area contributed by atoms with Gasteiger partial charge in [-0.1, -0.05) is 0 Å². The smallest absolute Gasteiger partial charge is 0.404 e. The number of rotatable bonds is 6. The topological polar surface area (TPSA) is 122 Å². The molecule has 0 spiro atoms. The van der Waals surface area contributed by atoms with E-state index >= 15 is 0 Å². The molecule has 8 nitrogen and oxygen atoms in total. The van der Waals surface area contributed by atoms with Crippen LogP contribution in [0.4, 0.5) is 9.59 Å². The van der Waals surface area contributed by atoms with Crippen LogP contribution in [0.2, 0.25) is 0 Å². The fourth-order valence-electron chi connectivity index (χ4n) is 1.05. The summed E-state index contributed by atoms with van der Waals surface area (Å²) in [6.07, 6.45) is -0.925. The molecule has 3 amide bonds. The molecule has 98 valence electrons. The van der Waals surface area contributed by atoms with Crippen LogP contribution >= 0.6 is 0 Å². The molecule has 0 fully saturated rings. The Bertz CT molecular complexity index is 292. The van der Waals surface area contributed by atoms with Crippen molar-refractivity contribution in [1.82, 2.24) is 10.2 Å². The van der Waals surface area contributed by atoms with E-state index in [1.54, 1.807) is 13.8 Å². The molecule has 0 aromatic rings. The molecule has 4 N–H and O–H groups in total. The number of nitrogens with one attached hydrogen (secondary N) is 1. The Morgan fingerprint density at radius 1 is 1.41 bits per heavy atom. The Labute approximate surface area is 98.7 Å². The summed E-state index contributed by atoms with van der Waals surface area (Å²) in [5.41, 5.74) is 4.72. The number of nitrogens with zero attached hydrogens (tertiary/aromatic N) is 1. The number of carboxylic acids is 1. The third kappa shape index (κ3) is 6.98. The van der Waals surface area contributed by atoms with Gasteiger partial charge in [-0.25, -0.2) is 9.59 Å². The molecule has 0 atom stereocenters. The monoisotopic (exact) mass is 247 g/mol. The zero-order valence-electron chi connectivity index (χ0n) is 9.80. The van der Waals surface area contributed by atoms with Crippen LogP contribution in [0, 0.1) is 0 Å². The molecule has 0 aromatic carbocycles. The van der Waals surface area contributed by atoms with E-state index in [0.29, 0.717) is 0 Å². The third-order valence-corrected chi connectivity index (χ3v) is 1.81. The van der Waals surface area contributed by atoms with Gasteiger partial charge in [-0.2, -0.15) is 0 Å². The summed E-state index contributed by atoms with van der Waals surface area (Å²) < 4.78 is 4.40. The van der Waals surface area contributed by atoms with Crippen molar-refractivity contribution in [2.24, 2.45) is 5.73 Å². The van der Waals surface area contributed by atoms with Gasteiger partial charge in [0.15, 0.2) is 0 Å². The molecule has 8 heteroatoms. The first-order valence-corrected chi connectivity index (χ1v) is 5.03. The SMILES string of the molecule is CC(C)N(CC(=O)O)C(=O)NCCOC(N)=O. The summed E-state index contributed by atoms with van der Waals surface area (Å²) in [5.74, 6) is -1.10. The number of hydrogen-bond acceptors (Lipinski definition) is 4. The number of carbonyl (C=O) groups is 3. The van der Waals surface area contributed by atoms with Crippen LogP contribution in [0.1, 0.15) is 13.8 Å². The first-order chi connectivity index (χ1) is 7.84. The Balaban J connectivity index is 4.06. The van der Waals surface area contributed by atoms with Crippen molar-refractivity contribution in [3.8, 4) is 0 Å². The largest absolute Gasteiger partial charge is 0.480 e. The lowest BCUT2D eigenvalue weighted by molar-refractivity contribution is -0.138. The second-order valence-corrected chi connectivity index (χ2v) is 3.51. The standard InChI is InChI=1S/C9H17N3O5/c1-6(2)12(5-7(13)14)9(16)11-3-4-17-8(10)15/h6H,3-5H2,1-2H3,(H2,10,15)(H,11,16)(H,13,14). The average Bonchev–Trinajstić information content (AvgIpc) is 2.19. The van der Waals surface area contributed by atoms with Crippen LogP contribution in [-0.2, 0) is 9.53 Å². The van der Waals surface area contributed by atoms with Crippen molar-refractivity contribution >= 4 is 18.1 Å². The molecule has 0 bridgehead atoms. The molecule has 0 radical (unpaired) electrons. The predicted molar refractivity (Wildman–Crippen MR) is 58.4 cm³/mol. The number of carbonyl (C=O) groups excluding carboxylic acids is 2. The molecule has 0 aromatic heterocycles. The minimum absolute atomic E-state index is 0.0555. The summed E-state index contributed by atoms with van der Waals surface area (Å²) in [5, 5.41) is 11.0. The quantitative estimate of drug-likeness (QED) is 0.550. The van der Waals surface area contributed by atoms with E-state index in [9.17, 15) is 14.4 Å². The minimum atomic E-state index is -1.10. The predicted octanol–water partition coefficient (Wildman–Crippen LogP) is -0.414. The zero-order chi connectivity index (χ0) is 13.4. The fraction of sp³-hybridized carbons (Fsp3) is 0.667. The molecule has 0 saturated carbocycles. The summed E-state index contributed by atoms with van der Waals surface area (Å²) in [7, 11) is 0. The van der Waals surface area contributed by atoms with Gasteiger partial charge >= 0.3 is 18.1 Å². The maximum absolute atomic E-state index is 11.5. The Kier molecular flexibility index (Phi) is 6.46. The minimum Gasteiger partial charge on any atom is -0.480 e. The van der Waals surface area contributed by atoms with Gasteiger partial charge in [-0.15, -0.1) is 0 Å². The maximum atomic E-state index is 11.5. The van der Waals surface area contributed by atoms with Gasteiger partial charge < -0.3 is 25.8 Å². The maximum Gasteiger partial charge on any atom is 0.404 e. The van der Waals surface area contributed by atoms with Crippen LogP contribution in [0.25, 0.3) is 0 Å². The van der Waals surface area contributed by atoms with Gasteiger partial charge in [0.1, 0.15) is 13.2 Å². The van der Waals surface area contributed by atoms with Crippen molar-refractivity contribution in [3.05, 3.63) is 0 Å². The second-order valence-electron chi connectivity index (χ2n) is 3.51. The highest BCUT2D eigenvalue weighted by molar-refractivity contribution is 5.80. The van der Waals surface area contributed by atoms with Gasteiger partial charge in [0.05, 0.1) is 6.54 Å². The normalized spacial score (nSPS) is 9.82. The number of carboxylic acid groups (broad SMARTS) is 1. The summed E-state index contributed by atoms with van der Waals surface area (Å²) in [4.78, 5) is 33.5. The van der Waals surface area contributed by atoms with Crippen LogP contribution < -0.4 is 11.1 Å². The molecule has 0 aliphatic rings. The van der Waals surface area contributed by atoms with E-state index in [4.69, 9.17) is 10.8 Å². The highest BCUT2D eigenvalue weighted by Crippen LogP contribution is 1.98. The Hall–Kier alpha value is -1.99. The Morgan fingerprint density at radius 2 is 2.00 bits per heavy atom. The number of ether oxygens (including phenoxy) is 1. The molecule has 0 aliphatic carbocycles. The fourth-order valence-corrected chi connectivity index (χ4v) is 1.05. The first-order valence-electron chi connectivity index (χ1n) is 5.03. The lowest BCUT2D eigenvalue weighted by atomic mass is 10.3. The lowest BCUT2D eigenvalue weighted by Crippen LogP contribution is -2.47. The van der Waals surface area contributed by atoms with Crippen molar-refractivity contribution in [3.63, 3.8) is 0 Å². The molecular weight excluding hydrogens is 230 g/mol. The summed E-state index contributed by atoms with van der Waals surface area (Å²) in [6.45, 7) is 3.02. The summed E-state index contributed by atoms with van der Waals surface area (Å²) >= 11 is 0. The number of primary amides is 1. The van der Waals surface area contributed by atoms with Gasteiger partial charge in [-0.3, -0.25) is 4.79 Å². The molecule has 0 unspecified atom stereocenters. The van der Waals surface area contributed by atoms with E-state index in [-0.39, 0.29) is 25.7 Å². The van der Waals surface area contributed by atoms with Crippen molar-refractivity contribution in [1.29, 1.82) is 0 Å². The van der Waals surface area contributed by atoms with E-state index in [2.05, 4.69) is 10.1 Å². The third-order valence-electron chi connectivity index (χ3n) is 1.81. The number of urea groups is 1. The number of hydrogen-bond donors (Lipinski definition) is 3. The number of aliphatic carboxylic acids is 1. The van der Waals surface area contributed by atoms with E-state index in [1.165, 1.54) is 0 Å². The van der Waals surface area contributed by atoms with Crippen LogP contribution in [0.3, 0.4) is 0 Å². The van der Waals surface area contributed by atoms with Gasteiger partial charge in [-0.05, 0) is 13.8 Å². The van der Waals surface area contributed by atoms with E-state index in [0.717, 1.165) is 4.90 Å².